The number of rotatable bonds is 20. The molecule has 5 aromatic rings. The monoisotopic (exact) mass is 998 g/mol. The lowest BCUT2D eigenvalue weighted by Crippen LogP contribution is -2.46. The molecule has 0 bridgehead atoms. The molecule has 0 unspecified atom stereocenters. The Morgan fingerprint density at radius 1 is 0.397 bits per heavy atom. The number of nitrogens with one attached hydrogen (secondary N) is 4. The number of nitrogen functional groups attached to an aromatic ring is 1. The Kier molecular flexibility index (Phi) is 20.4. The summed E-state index contributed by atoms with van der Waals surface area (Å²) in [5.41, 5.74) is 10.5. The fourth-order valence-electron chi connectivity index (χ4n) is 9.19. The first kappa shape index (κ1) is 53.4. The number of piperazine rings is 4. The molecule has 9 rings (SSSR count). The van der Waals surface area contributed by atoms with E-state index in [1.54, 1.807) is 0 Å². The van der Waals surface area contributed by atoms with Gasteiger partial charge in [0.15, 0.2) is 40.6 Å². The molecule has 0 aliphatic carbocycles. The predicted molar refractivity (Wildman–Crippen MR) is 302 cm³/mol. The van der Waals surface area contributed by atoms with Gasteiger partial charge in [-0.05, 0) is 40.3 Å². The van der Waals surface area contributed by atoms with Crippen LogP contribution in [0.5, 0.6) is 0 Å². The molecular formula is C54H83N19. The molecule has 4 aliphatic rings. The van der Waals surface area contributed by atoms with Crippen molar-refractivity contribution < 1.29 is 1.43 Å². The molecule has 0 amide bonds. The number of hydrogen-bond donors (Lipinski definition) is 5. The molecule has 0 radical (unpaired) electrons. The number of nitrogens with two attached hydrogens (primary N) is 1. The zero-order valence-corrected chi connectivity index (χ0v) is 44.0. The van der Waals surface area contributed by atoms with Crippen LogP contribution in [0.2, 0.25) is 0 Å². The third-order valence-corrected chi connectivity index (χ3v) is 14.2. The summed E-state index contributed by atoms with van der Waals surface area (Å²) in [5.74, 6) is 4.17. The normalized spacial score (nSPS) is 18.4. The van der Waals surface area contributed by atoms with Crippen LogP contribution in [0.15, 0.2) is 101 Å². The van der Waals surface area contributed by atoms with Gasteiger partial charge < -0.3 is 46.6 Å². The highest BCUT2D eigenvalue weighted by molar-refractivity contribution is 5.78. The zero-order valence-electron chi connectivity index (χ0n) is 44.0. The number of aromatic nitrogens is 4. The van der Waals surface area contributed by atoms with Gasteiger partial charge in [-0.15, -0.1) is 5.11 Å². The second kappa shape index (κ2) is 28.0. The van der Waals surface area contributed by atoms with Gasteiger partial charge in [-0.2, -0.15) is 5.11 Å². The topological polar surface area (TPSA) is 176 Å². The minimum atomic E-state index is 0. The van der Waals surface area contributed by atoms with Crippen LogP contribution >= 0.6 is 0 Å². The van der Waals surface area contributed by atoms with E-state index in [0.29, 0.717) is 46.3 Å². The summed E-state index contributed by atoms with van der Waals surface area (Å²) < 4.78 is 0. The third kappa shape index (κ3) is 16.8. The van der Waals surface area contributed by atoms with Gasteiger partial charge in [0.25, 0.3) is 0 Å². The lowest BCUT2D eigenvalue weighted by molar-refractivity contribution is 0.158. The van der Waals surface area contributed by atoms with Crippen molar-refractivity contribution in [2.24, 2.45) is 10.2 Å². The second-order valence-corrected chi connectivity index (χ2v) is 19.8. The molecule has 73 heavy (non-hydrogen) atoms. The van der Waals surface area contributed by atoms with Crippen molar-refractivity contribution in [3.05, 3.63) is 91.0 Å². The molecule has 4 aliphatic heterocycles. The van der Waals surface area contributed by atoms with Crippen molar-refractivity contribution in [1.82, 2.24) is 59.1 Å². The highest BCUT2D eigenvalue weighted by Gasteiger charge is 2.21. The van der Waals surface area contributed by atoms with Crippen molar-refractivity contribution in [2.45, 2.75) is 0 Å². The van der Waals surface area contributed by atoms with E-state index >= 15 is 0 Å². The van der Waals surface area contributed by atoms with Crippen LogP contribution in [0.25, 0.3) is 22.8 Å². The van der Waals surface area contributed by atoms with Gasteiger partial charge in [0.05, 0.1) is 5.69 Å². The maximum absolute atomic E-state index is 6.51. The standard InChI is InChI=1S/C30H42N10.C24H39N9.H2/c1-37-17-21-39(22-18-37)15-13-31-29-27(36-35-26-11-7-4-8-12-26)30(32-14-16-40-23-19-38(2)20-24-40)34-28(33-29)25-9-5-3-6-10-25;1-30-12-16-32(17-13-30)10-8-26-23-21(25)24(27-9-11-33-18-14-31(2)15-19-33)29-22(28-23)20-6-4-3-5-7-20;/h3-12H,13-24H2,1-2H3,(H2,31,32,33,34);3-7H,8-19,25H2,1-2H3,(H2,26,27,28,29);1H. The largest absolute Gasteiger partial charge is 0.393 e. The number of anilines is 5. The average Bonchev–Trinajstić information content (AvgIpc) is 3.42. The lowest BCUT2D eigenvalue weighted by atomic mass is 10.2. The van der Waals surface area contributed by atoms with Crippen molar-refractivity contribution in [2.75, 3.05) is 212 Å². The Bertz CT molecular complexity index is 2310. The second-order valence-electron chi connectivity index (χ2n) is 19.8. The first-order valence-electron chi connectivity index (χ1n) is 26.5. The van der Waals surface area contributed by atoms with E-state index in [0.717, 1.165) is 174 Å². The summed E-state index contributed by atoms with van der Waals surface area (Å²) in [6, 6.07) is 30.0. The van der Waals surface area contributed by atoms with Gasteiger partial charge in [0.1, 0.15) is 5.69 Å². The van der Waals surface area contributed by atoms with Gasteiger partial charge in [0, 0.05) is 170 Å². The minimum absolute atomic E-state index is 0. The van der Waals surface area contributed by atoms with Crippen LogP contribution in [0.1, 0.15) is 1.43 Å². The summed E-state index contributed by atoms with van der Waals surface area (Å²) in [5, 5.41) is 23.4. The SMILES string of the molecule is CN1CCN(CCNc2nc(-c3ccccc3)nc(NCCN3CCN(C)CC3)c2N)CC1.CN1CCN(CCNc2nc(-c3ccccc3)nc(NCCN3CCN(C)CC3)c2N=Nc2ccccc2)CC1.[HH]. The van der Waals surface area contributed by atoms with Crippen molar-refractivity contribution >= 4 is 40.3 Å². The highest BCUT2D eigenvalue weighted by Crippen LogP contribution is 2.35. The molecule has 19 heteroatoms. The Balaban J connectivity index is 0.000000217. The molecule has 0 atom stereocenters. The molecule has 2 aromatic heterocycles. The fourth-order valence-corrected chi connectivity index (χ4v) is 9.19. The third-order valence-electron chi connectivity index (χ3n) is 14.2. The quantitative estimate of drug-likeness (QED) is 0.0646. The van der Waals surface area contributed by atoms with Crippen molar-refractivity contribution in [1.29, 1.82) is 0 Å². The maximum Gasteiger partial charge on any atom is 0.170 e. The Morgan fingerprint density at radius 3 is 1.01 bits per heavy atom. The molecule has 4 fully saturated rings. The van der Waals surface area contributed by atoms with Crippen LogP contribution in [0.4, 0.5) is 40.3 Å². The summed E-state index contributed by atoms with van der Waals surface area (Å²) in [4.78, 5) is 38.9. The average molecular weight is 998 g/mol. The van der Waals surface area contributed by atoms with Crippen LogP contribution in [0.3, 0.4) is 0 Å². The zero-order chi connectivity index (χ0) is 50.6. The van der Waals surface area contributed by atoms with Gasteiger partial charge in [-0.25, -0.2) is 19.9 Å². The predicted octanol–water partition coefficient (Wildman–Crippen LogP) is 5.17. The molecule has 394 valence electrons. The number of hydrogen-bond acceptors (Lipinski definition) is 19. The summed E-state index contributed by atoms with van der Waals surface area (Å²) in [6.45, 7) is 24.6. The molecule has 0 spiro atoms. The van der Waals surface area contributed by atoms with Gasteiger partial charge in [0.2, 0.25) is 0 Å². The van der Waals surface area contributed by atoms with Crippen LogP contribution in [-0.4, -0.2) is 244 Å². The van der Waals surface area contributed by atoms with Crippen molar-refractivity contribution in [3.63, 3.8) is 0 Å². The van der Waals surface area contributed by atoms with Gasteiger partial charge in [-0.3, -0.25) is 19.6 Å². The van der Waals surface area contributed by atoms with E-state index < -0.39 is 0 Å². The van der Waals surface area contributed by atoms with E-state index in [9.17, 15) is 0 Å². The first-order valence-corrected chi connectivity index (χ1v) is 26.5. The van der Waals surface area contributed by atoms with Crippen LogP contribution in [-0.2, 0) is 0 Å². The highest BCUT2D eigenvalue weighted by atomic mass is 15.3. The van der Waals surface area contributed by atoms with E-state index in [2.05, 4.69) is 93.8 Å². The minimum Gasteiger partial charge on any atom is -0.393 e. The van der Waals surface area contributed by atoms with Gasteiger partial charge >= 0.3 is 0 Å². The van der Waals surface area contributed by atoms with Gasteiger partial charge in [-0.1, -0.05) is 78.9 Å². The van der Waals surface area contributed by atoms with Crippen LogP contribution in [0, 0.1) is 0 Å². The molecule has 6 N–H and O–H groups in total. The number of nitrogens with zero attached hydrogens (tertiary/aromatic N) is 14. The van der Waals surface area contributed by atoms with E-state index in [1.807, 2.05) is 91.0 Å². The summed E-state index contributed by atoms with van der Waals surface area (Å²) >= 11 is 0. The molecule has 3 aromatic carbocycles. The number of benzene rings is 3. The lowest BCUT2D eigenvalue weighted by Gasteiger charge is -2.32. The summed E-state index contributed by atoms with van der Waals surface area (Å²) in [7, 11) is 8.73. The molecular weight excluding hydrogens is 915 g/mol. The summed E-state index contributed by atoms with van der Waals surface area (Å²) in [6.07, 6.45) is 0. The first-order chi connectivity index (χ1) is 35.7. The van der Waals surface area contributed by atoms with E-state index in [-0.39, 0.29) is 1.43 Å². The molecule has 6 heterocycles. The Labute approximate surface area is 435 Å². The number of azo groups is 1. The number of likely N-dealkylation sites (N-methyl/N-ethyl adjacent to an activating group) is 4. The van der Waals surface area contributed by atoms with Crippen LogP contribution < -0.4 is 27.0 Å². The molecule has 0 saturated carbocycles. The maximum atomic E-state index is 6.51. The Hall–Kier alpha value is -5.90. The molecule has 4 saturated heterocycles. The van der Waals surface area contributed by atoms with E-state index in [4.69, 9.17) is 30.8 Å². The smallest absolute Gasteiger partial charge is 0.170 e. The fraction of sp³-hybridized carbons (Fsp3) is 0.519. The molecule has 19 nitrogen and oxygen atoms in total. The Morgan fingerprint density at radius 2 is 0.685 bits per heavy atom. The van der Waals surface area contributed by atoms with E-state index in [1.165, 1.54) is 0 Å². The van der Waals surface area contributed by atoms with Crippen molar-refractivity contribution in [3.8, 4) is 22.8 Å².